The van der Waals surface area contributed by atoms with Gasteiger partial charge in [-0.15, -0.1) is 0 Å². The van der Waals surface area contributed by atoms with Crippen molar-refractivity contribution in [1.29, 1.82) is 5.41 Å². The van der Waals surface area contributed by atoms with Gasteiger partial charge in [0.2, 0.25) is 76.8 Å². The van der Waals surface area contributed by atoms with E-state index in [0.29, 0.717) is 34.9 Å². The number of imidazole rings is 1. The van der Waals surface area contributed by atoms with Gasteiger partial charge in [0.25, 0.3) is 0 Å². The average molecular weight is 1640 g/mol. The number of phenols is 1. The van der Waals surface area contributed by atoms with Crippen molar-refractivity contribution in [3.63, 3.8) is 0 Å². The van der Waals surface area contributed by atoms with Crippen LogP contribution in [0.4, 0.5) is 0 Å². The molecule has 40 nitrogen and oxygen atoms in total. The van der Waals surface area contributed by atoms with Crippen LogP contribution in [-0.4, -0.2) is 228 Å². The number of hydrogen-bond donors (Lipinski definition) is 23. The number of phenolic OH excluding ortho intramolecular Hbond substituents is 1. The lowest BCUT2D eigenvalue weighted by Gasteiger charge is -2.30. The Morgan fingerprint density at radius 3 is 1.41 bits per heavy atom. The second-order valence-corrected chi connectivity index (χ2v) is 30.3. The third-order valence-electron chi connectivity index (χ3n) is 19.3. The van der Waals surface area contributed by atoms with Gasteiger partial charge in [0, 0.05) is 54.8 Å². The third-order valence-corrected chi connectivity index (χ3v) is 19.3. The van der Waals surface area contributed by atoms with Crippen molar-refractivity contribution < 1.29 is 97.1 Å². The topological polar surface area (TPSA) is 643 Å². The van der Waals surface area contributed by atoms with Crippen LogP contribution in [0.2, 0.25) is 0 Å². The second kappa shape index (κ2) is 47.6. The smallest absolute Gasteiger partial charge is 0.326 e. The van der Waals surface area contributed by atoms with Crippen LogP contribution in [0.3, 0.4) is 0 Å². The number of nitrogens with one attached hydrogen (secondary N) is 17. The third kappa shape index (κ3) is 32.5. The normalized spacial score (nSPS) is 14.9. The van der Waals surface area contributed by atoms with E-state index < -0.39 is 223 Å². The van der Waals surface area contributed by atoms with E-state index in [1.54, 1.807) is 72.0 Å². The predicted molar refractivity (Wildman–Crippen MR) is 426 cm³/mol. The first-order chi connectivity index (χ1) is 55.0. The summed E-state index contributed by atoms with van der Waals surface area (Å²) >= 11 is 0. The summed E-state index contributed by atoms with van der Waals surface area (Å²) in [6.45, 7) is 18.1. The molecule has 0 aliphatic rings. The number of H-pyrrole nitrogens is 2. The number of guanidine groups is 1. The summed E-state index contributed by atoms with van der Waals surface area (Å²) in [6, 6.07) is -5.77. The molecule has 0 radical (unpaired) electrons. The number of benzene rings is 2. The summed E-state index contributed by atoms with van der Waals surface area (Å²) in [5, 5.41) is 83.2. The molecule has 0 bridgehead atoms. The van der Waals surface area contributed by atoms with Crippen LogP contribution in [0.25, 0.3) is 10.9 Å². The lowest BCUT2D eigenvalue weighted by Crippen LogP contribution is -2.62. The molecule has 13 amide bonds. The fourth-order valence-corrected chi connectivity index (χ4v) is 12.2. The molecule has 0 fully saturated rings. The number of carboxylic acids is 3. The molecule has 0 saturated heterocycles. The maximum atomic E-state index is 14.9. The van der Waals surface area contributed by atoms with E-state index in [9.17, 15) is 97.1 Å². The van der Waals surface area contributed by atoms with Crippen molar-refractivity contribution in [2.75, 3.05) is 19.6 Å². The summed E-state index contributed by atoms with van der Waals surface area (Å²) in [6.07, 6.45) is 2.07. The largest absolute Gasteiger partial charge is 0.508 e. The Balaban J connectivity index is 1.59. The summed E-state index contributed by atoms with van der Waals surface area (Å²) in [4.78, 5) is 230. The lowest BCUT2D eigenvalue weighted by atomic mass is 9.96. The molecule has 0 unspecified atom stereocenters. The maximum absolute atomic E-state index is 14.9. The molecule has 0 spiro atoms. The highest BCUT2D eigenvalue weighted by molar-refractivity contribution is 6.01. The number of hydrogen-bond acceptors (Lipinski definition) is 20. The first-order valence-corrected chi connectivity index (χ1v) is 38.7. The minimum Gasteiger partial charge on any atom is -0.508 e. The molecule has 644 valence electrons. The summed E-state index contributed by atoms with van der Waals surface area (Å²) in [7, 11) is 0. The molecule has 25 N–H and O–H groups in total. The summed E-state index contributed by atoms with van der Waals surface area (Å²) < 4.78 is 0. The van der Waals surface area contributed by atoms with Gasteiger partial charge in [0.15, 0.2) is 5.96 Å². The Bertz CT molecular complexity index is 4100. The molecule has 0 aliphatic carbocycles. The van der Waals surface area contributed by atoms with Crippen molar-refractivity contribution in [2.24, 2.45) is 47.0 Å². The molecule has 2 aromatic heterocycles. The molecular formula is C77H116N20O20. The van der Waals surface area contributed by atoms with Crippen molar-refractivity contribution in [3.8, 4) is 5.75 Å². The number of nitrogens with zero attached hydrogens (tertiary/aromatic N) is 1. The van der Waals surface area contributed by atoms with Crippen molar-refractivity contribution in [2.45, 2.75) is 220 Å². The molecule has 0 aliphatic heterocycles. The molecule has 2 aromatic carbocycles. The Hall–Kier alpha value is -12.3. The number of para-hydroxylation sites is 1. The molecule has 14 atom stereocenters. The number of rotatable bonds is 50. The second-order valence-electron chi connectivity index (χ2n) is 30.3. The molecule has 2 heterocycles. The van der Waals surface area contributed by atoms with Crippen LogP contribution in [0.1, 0.15) is 145 Å². The highest BCUT2D eigenvalue weighted by atomic mass is 16.4. The van der Waals surface area contributed by atoms with Crippen LogP contribution >= 0.6 is 0 Å². The molecular weight excluding hydrogens is 1520 g/mol. The lowest BCUT2D eigenvalue weighted by molar-refractivity contribution is -0.144. The van der Waals surface area contributed by atoms with Crippen molar-refractivity contribution in [1.82, 2.24) is 89.4 Å². The monoisotopic (exact) mass is 1640 g/mol. The SMILES string of the molecule is CC[C@H](C)[C@H](NC(=O)[C@H](Cc1ccc(O)cc1)NC(=O)[C@@H](NC(=O)CNC(=O)[C@H](CC(=O)O)NC(=O)[C@H](Cc1c[nH]c2ccccc12)NC(=O)[C@@H](NC(=O)[C@H](Cc1cnc[nH]1)NC(=O)[C@@H](NC(=O)[C@H](CC(=O)O)NC(=O)[C@@H](NC(=O)[C@H](CCCNC(=N)N)NC(=O)CNC(=O)[C@@H](N)CC(C)C)C(C)C)[C@@H](C)CC)C(C)C)C(C)C)C(=O)O. The number of carboxylic acid groups (broad SMARTS) is 3. The quantitative estimate of drug-likeness (QED) is 0.0128. The molecule has 4 rings (SSSR count). The number of aromatic nitrogens is 3. The molecule has 40 heteroatoms. The fraction of sp³-hybridized carbons (Fsp3) is 0.558. The van der Waals surface area contributed by atoms with Gasteiger partial charge < -0.3 is 116 Å². The number of fused-ring (bicyclic) bond motifs is 1. The van der Waals surface area contributed by atoms with Crippen LogP contribution in [0.15, 0.2) is 67.3 Å². The number of aromatic amines is 2. The van der Waals surface area contributed by atoms with Gasteiger partial charge in [-0.3, -0.25) is 77.3 Å². The van der Waals surface area contributed by atoms with Gasteiger partial charge in [-0.2, -0.15) is 0 Å². The highest BCUT2D eigenvalue weighted by Crippen LogP contribution is 2.21. The Kier molecular flexibility index (Phi) is 39.5. The van der Waals surface area contributed by atoms with E-state index in [-0.39, 0.29) is 68.4 Å². The number of carbonyl (C=O) groups excluding carboxylic acids is 13. The zero-order chi connectivity index (χ0) is 87.7. The van der Waals surface area contributed by atoms with Gasteiger partial charge in [-0.1, -0.05) is 126 Å². The van der Waals surface area contributed by atoms with Crippen molar-refractivity contribution >= 4 is 112 Å². The Morgan fingerprint density at radius 1 is 0.470 bits per heavy atom. The fourth-order valence-electron chi connectivity index (χ4n) is 12.2. The number of nitrogens with two attached hydrogens (primary N) is 2. The van der Waals surface area contributed by atoms with Gasteiger partial charge in [0.05, 0.1) is 38.3 Å². The minimum atomic E-state index is -1.95. The molecule has 0 saturated carbocycles. The van der Waals surface area contributed by atoms with E-state index in [1.807, 2.05) is 13.8 Å². The van der Waals surface area contributed by atoms with Gasteiger partial charge in [-0.05, 0) is 84.1 Å². The first kappa shape index (κ1) is 97.1. The average Bonchev–Trinajstić information content (AvgIpc) is 1.74. The van der Waals surface area contributed by atoms with Crippen LogP contribution in [0.5, 0.6) is 5.75 Å². The number of aliphatic carboxylic acids is 3. The van der Waals surface area contributed by atoms with E-state index in [2.05, 4.69) is 89.4 Å². The Morgan fingerprint density at radius 2 is 0.906 bits per heavy atom. The van der Waals surface area contributed by atoms with Crippen molar-refractivity contribution in [3.05, 3.63) is 84.1 Å². The van der Waals surface area contributed by atoms with E-state index in [1.165, 1.54) is 64.5 Å². The minimum absolute atomic E-state index is 0.0624. The first-order valence-electron chi connectivity index (χ1n) is 38.7. The number of aromatic hydroxyl groups is 1. The standard InChI is InChI=1S/C77H116N20O20/c1-13-41(11)63(96-71(111)55(31-59(103)104)92-74(114)61(39(7)8)94-67(107)50(20-17-25-82-77(79)80)87-56(99)34-84-65(105)48(78)26-37(3)4)75(115)91-53(29-45-33-81-36-86-45)70(110)95-62(40(9)10)73(113)90-52(28-44-32-83-49-19-16-15-18-47(44)49)68(108)88-54(30-58(101)102)66(106)85-35-57(100)93-60(38(5)6)72(112)89-51(27-43-21-23-46(98)24-22-43)69(109)97-64(76(116)117)42(12)14-2/h15-16,18-19,21-24,32-33,36-42,48,50-55,60-64,83,98H,13-14,17,20,25-31,34-35,78H2,1-12H3,(H,81,86)(H,84,105)(H,85,106)(H,87,99)(H,88,108)(H,89,112)(H,90,113)(H,91,115)(H,92,114)(H,93,100)(H,94,107)(H,95,110)(H,96,111)(H,97,109)(H,101,102)(H,103,104)(H,116,117)(H4,79,80,82)/t41-,42-,48-,50-,51-,52-,53-,54-,55-,60-,61-,62-,63-,64-/m0/s1. The van der Waals surface area contributed by atoms with Gasteiger partial charge in [-0.25, -0.2) is 9.78 Å². The number of carbonyl (C=O) groups is 16. The number of amides is 13. The summed E-state index contributed by atoms with van der Waals surface area (Å²) in [5.41, 5.74) is 13.2. The predicted octanol–water partition coefficient (Wildman–Crippen LogP) is -2.08. The van der Waals surface area contributed by atoms with E-state index >= 15 is 0 Å². The van der Waals surface area contributed by atoms with Crippen LogP contribution < -0.4 is 85.9 Å². The van der Waals surface area contributed by atoms with E-state index in [4.69, 9.17) is 16.9 Å². The van der Waals surface area contributed by atoms with E-state index in [0.717, 1.165) is 0 Å². The van der Waals surface area contributed by atoms with Gasteiger partial charge in [0.1, 0.15) is 72.2 Å². The zero-order valence-corrected chi connectivity index (χ0v) is 67.9. The highest BCUT2D eigenvalue weighted by Gasteiger charge is 2.40. The zero-order valence-electron chi connectivity index (χ0n) is 67.9. The maximum Gasteiger partial charge on any atom is 0.326 e. The van der Waals surface area contributed by atoms with Crippen LogP contribution in [-0.2, 0) is 96.0 Å². The Labute approximate surface area is 677 Å². The summed E-state index contributed by atoms with van der Waals surface area (Å²) in [5.74, 6) is -21.2. The molecule has 4 aromatic rings. The molecule has 117 heavy (non-hydrogen) atoms. The van der Waals surface area contributed by atoms with Gasteiger partial charge >= 0.3 is 17.9 Å². The van der Waals surface area contributed by atoms with Crippen LogP contribution in [0, 0.1) is 40.9 Å².